The van der Waals surface area contributed by atoms with Gasteiger partial charge in [-0.15, -0.1) is 0 Å². The van der Waals surface area contributed by atoms with Gasteiger partial charge in [-0.1, -0.05) is 12.1 Å². The maximum atomic E-state index is 12.4. The van der Waals surface area contributed by atoms with E-state index in [1.807, 2.05) is 23.6 Å². The van der Waals surface area contributed by atoms with Gasteiger partial charge in [0.05, 0.1) is 6.54 Å². The van der Waals surface area contributed by atoms with E-state index in [1.54, 1.807) is 0 Å². The first-order chi connectivity index (χ1) is 12.6. The molecule has 2 rings (SSSR count). The number of piperazine rings is 1. The second-order valence-corrected chi connectivity index (χ2v) is 6.58. The fourth-order valence-corrected chi connectivity index (χ4v) is 3.11. The molecule has 0 aliphatic carbocycles. The van der Waals surface area contributed by atoms with Crippen LogP contribution in [0.5, 0.6) is 0 Å². The van der Waals surface area contributed by atoms with Crippen LogP contribution in [0.3, 0.4) is 0 Å². The fourth-order valence-electron chi connectivity index (χ4n) is 3.11. The summed E-state index contributed by atoms with van der Waals surface area (Å²) in [4.78, 5) is 34.7. The minimum atomic E-state index is 0.106. The van der Waals surface area contributed by atoms with E-state index in [0.29, 0.717) is 44.2 Å². The number of amides is 2. The van der Waals surface area contributed by atoms with Gasteiger partial charge in [0.2, 0.25) is 17.7 Å². The Kier molecular flexibility index (Phi) is 8.03. The zero-order valence-electron chi connectivity index (χ0n) is 16.2. The lowest BCUT2D eigenvalue weighted by molar-refractivity contribution is -0.135. The first-order valence-electron chi connectivity index (χ1n) is 9.66. The van der Waals surface area contributed by atoms with Crippen LogP contribution in [0.4, 0.5) is 0 Å². The third-order valence-corrected chi connectivity index (χ3v) is 4.74. The third-order valence-electron chi connectivity index (χ3n) is 4.74. The summed E-state index contributed by atoms with van der Waals surface area (Å²) in [6.07, 6.45) is 2.63. The summed E-state index contributed by atoms with van der Waals surface area (Å²) in [5.74, 6) is 1.51. The van der Waals surface area contributed by atoms with E-state index in [9.17, 15) is 9.59 Å². The van der Waals surface area contributed by atoms with Crippen LogP contribution in [0.25, 0.3) is 0 Å². The van der Waals surface area contributed by atoms with Gasteiger partial charge >= 0.3 is 0 Å². The minimum absolute atomic E-state index is 0.106. The molecule has 0 N–H and O–H groups in total. The first-order valence-corrected chi connectivity index (χ1v) is 9.66. The molecule has 1 aliphatic rings. The molecule has 0 atom stereocenters. The lowest BCUT2D eigenvalue weighted by atomic mass is 10.2. The monoisotopic (exact) mass is 365 g/mol. The highest BCUT2D eigenvalue weighted by Gasteiger charge is 2.23. The lowest BCUT2D eigenvalue weighted by Gasteiger charge is -2.35. The number of hydrogen-bond donors (Lipinski definition) is 0. The maximum absolute atomic E-state index is 12.4. The predicted molar refractivity (Wildman–Crippen MR) is 97.6 cm³/mol. The molecule has 0 bridgehead atoms. The molecule has 0 aromatic carbocycles. The number of aromatic nitrogens is 2. The molecule has 8 nitrogen and oxygen atoms in total. The van der Waals surface area contributed by atoms with Gasteiger partial charge in [0.1, 0.15) is 0 Å². The van der Waals surface area contributed by atoms with E-state index in [0.717, 1.165) is 39.0 Å². The van der Waals surface area contributed by atoms with Crippen molar-refractivity contribution in [3.63, 3.8) is 0 Å². The molecule has 0 saturated carbocycles. The Bertz CT molecular complexity index is 577. The smallest absolute Gasteiger partial charge is 0.236 e. The van der Waals surface area contributed by atoms with Crippen molar-refractivity contribution in [2.45, 2.75) is 46.5 Å². The Hall–Kier alpha value is -1.96. The molecule has 0 unspecified atom stereocenters. The van der Waals surface area contributed by atoms with Crippen LogP contribution in [0.2, 0.25) is 0 Å². The largest absolute Gasteiger partial charge is 0.342 e. The molecule has 1 aliphatic heterocycles. The number of aryl methyl sites for hydroxylation is 2. The van der Waals surface area contributed by atoms with Crippen molar-refractivity contribution in [2.24, 2.45) is 0 Å². The van der Waals surface area contributed by atoms with Gasteiger partial charge in [0.25, 0.3) is 0 Å². The van der Waals surface area contributed by atoms with Crippen molar-refractivity contribution in [1.29, 1.82) is 0 Å². The number of nitrogens with zero attached hydrogens (tertiary/aromatic N) is 5. The molecular weight excluding hydrogens is 334 g/mol. The summed E-state index contributed by atoms with van der Waals surface area (Å²) in [6.45, 7) is 10.8. The molecule has 1 aromatic rings. The Morgan fingerprint density at radius 1 is 1.08 bits per heavy atom. The van der Waals surface area contributed by atoms with Crippen molar-refractivity contribution in [3.05, 3.63) is 11.7 Å². The highest BCUT2D eigenvalue weighted by Crippen LogP contribution is 2.08. The molecule has 2 amide bonds. The van der Waals surface area contributed by atoms with Crippen molar-refractivity contribution >= 4 is 11.8 Å². The Morgan fingerprint density at radius 3 is 2.38 bits per heavy atom. The molecule has 0 spiro atoms. The zero-order valence-corrected chi connectivity index (χ0v) is 16.2. The lowest BCUT2D eigenvalue weighted by Crippen LogP contribution is -2.51. The number of rotatable bonds is 9. The molecule has 2 heterocycles. The number of likely N-dealkylation sites (N-methyl/N-ethyl adjacent to an activating group) is 1. The summed E-state index contributed by atoms with van der Waals surface area (Å²) >= 11 is 0. The third kappa shape index (κ3) is 5.79. The second kappa shape index (κ2) is 10.3. The second-order valence-electron chi connectivity index (χ2n) is 6.58. The molecule has 1 aromatic heterocycles. The SMILES string of the molecule is CCCc1noc(CCC(=O)N2CCN(CC(=O)N(CC)CC)CC2)n1. The molecule has 146 valence electrons. The van der Waals surface area contributed by atoms with E-state index in [2.05, 4.69) is 22.0 Å². The molecule has 1 fully saturated rings. The summed E-state index contributed by atoms with van der Waals surface area (Å²) < 4.78 is 5.18. The molecule has 26 heavy (non-hydrogen) atoms. The summed E-state index contributed by atoms with van der Waals surface area (Å²) in [5.41, 5.74) is 0. The van der Waals surface area contributed by atoms with Crippen molar-refractivity contribution in [3.8, 4) is 0 Å². The predicted octanol–water partition coefficient (Wildman–Crippen LogP) is 0.967. The number of hydrogen-bond acceptors (Lipinski definition) is 6. The van der Waals surface area contributed by atoms with Gasteiger partial charge in [-0.05, 0) is 20.3 Å². The van der Waals surface area contributed by atoms with Crippen molar-refractivity contribution < 1.29 is 14.1 Å². The van der Waals surface area contributed by atoms with Crippen molar-refractivity contribution in [1.82, 2.24) is 24.8 Å². The van der Waals surface area contributed by atoms with Gasteiger partial charge in [-0.25, -0.2) is 0 Å². The summed E-state index contributed by atoms with van der Waals surface area (Å²) in [6, 6.07) is 0. The van der Waals surface area contributed by atoms with E-state index < -0.39 is 0 Å². The first kappa shape index (κ1) is 20.4. The van der Waals surface area contributed by atoms with Crippen LogP contribution in [-0.2, 0) is 22.4 Å². The van der Waals surface area contributed by atoms with Gasteiger partial charge in [-0.3, -0.25) is 14.5 Å². The van der Waals surface area contributed by atoms with Crippen LogP contribution in [0, 0.1) is 0 Å². The molecule has 8 heteroatoms. The molecule has 0 radical (unpaired) electrons. The number of carbonyl (C=O) groups is 2. The number of carbonyl (C=O) groups excluding carboxylic acids is 2. The Morgan fingerprint density at radius 2 is 1.77 bits per heavy atom. The fraction of sp³-hybridized carbons (Fsp3) is 0.778. The highest BCUT2D eigenvalue weighted by molar-refractivity contribution is 5.78. The average molecular weight is 365 g/mol. The average Bonchev–Trinajstić information content (AvgIpc) is 3.09. The summed E-state index contributed by atoms with van der Waals surface area (Å²) in [5, 5.41) is 3.91. The molecular formula is C18H31N5O3. The Balaban J connectivity index is 1.71. The van der Waals surface area contributed by atoms with E-state index in [-0.39, 0.29) is 11.8 Å². The van der Waals surface area contributed by atoms with Gasteiger partial charge in [0.15, 0.2) is 5.82 Å². The minimum Gasteiger partial charge on any atom is -0.342 e. The zero-order chi connectivity index (χ0) is 18.9. The van der Waals surface area contributed by atoms with E-state index in [1.165, 1.54) is 0 Å². The summed E-state index contributed by atoms with van der Waals surface area (Å²) in [7, 11) is 0. The van der Waals surface area contributed by atoms with Crippen LogP contribution in [-0.4, -0.2) is 82.5 Å². The molecule has 1 saturated heterocycles. The van der Waals surface area contributed by atoms with E-state index >= 15 is 0 Å². The maximum Gasteiger partial charge on any atom is 0.236 e. The van der Waals surface area contributed by atoms with Crippen LogP contribution >= 0.6 is 0 Å². The van der Waals surface area contributed by atoms with Crippen LogP contribution < -0.4 is 0 Å². The quantitative estimate of drug-likeness (QED) is 0.648. The highest BCUT2D eigenvalue weighted by atomic mass is 16.5. The van der Waals surface area contributed by atoms with Gasteiger partial charge in [0, 0.05) is 58.5 Å². The Labute approximate surface area is 155 Å². The van der Waals surface area contributed by atoms with Gasteiger partial charge in [-0.2, -0.15) is 4.98 Å². The topological polar surface area (TPSA) is 82.8 Å². The van der Waals surface area contributed by atoms with Crippen LogP contribution in [0.1, 0.15) is 45.3 Å². The van der Waals surface area contributed by atoms with Crippen molar-refractivity contribution in [2.75, 3.05) is 45.8 Å². The van der Waals surface area contributed by atoms with Gasteiger partial charge < -0.3 is 14.3 Å². The van der Waals surface area contributed by atoms with Crippen LogP contribution in [0.15, 0.2) is 4.52 Å². The standard InChI is InChI=1S/C18H31N5O3/c1-4-7-15-19-16(26-20-15)8-9-17(24)23-12-10-21(11-13-23)14-18(25)22(5-2)6-3/h4-14H2,1-3H3. The normalized spacial score (nSPS) is 15.3. The van der Waals surface area contributed by atoms with E-state index in [4.69, 9.17) is 4.52 Å².